The third-order valence-electron chi connectivity index (χ3n) is 2.07. The zero-order valence-electron chi connectivity index (χ0n) is 8.83. The van der Waals surface area contributed by atoms with Crippen LogP contribution in [0.1, 0.15) is 25.3 Å². The van der Waals surface area contributed by atoms with Crippen molar-refractivity contribution in [1.29, 1.82) is 0 Å². The molecule has 0 spiro atoms. The maximum atomic E-state index is 5.55. The number of allylic oxidation sites excluding steroid dienone is 1. The summed E-state index contributed by atoms with van der Waals surface area (Å²) in [4.78, 5) is 0. The monoisotopic (exact) mass is 190 g/mol. The molecule has 14 heavy (non-hydrogen) atoms. The van der Waals surface area contributed by atoms with E-state index in [2.05, 4.69) is 25.6 Å². The molecule has 0 N–H and O–H groups in total. The first-order valence-electron chi connectivity index (χ1n) is 5.19. The number of hydrogen-bond donors (Lipinski definition) is 0. The second kappa shape index (κ2) is 6.25. The van der Waals surface area contributed by atoms with Crippen molar-refractivity contribution in [2.45, 2.75) is 26.2 Å². The third-order valence-corrected chi connectivity index (χ3v) is 2.07. The molecule has 0 saturated heterocycles. The van der Waals surface area contributed by atoms with E-state index >= 15 is 0 Å². The van der Waals surface area contributed by atoms with Gasteiger partial charge in [0.15, 0.2) is 0 Å². The fourth-order valence-electron chi connectivity index (χ4n) is 1.22. The highest BCUT2D eigenvalue weighted by Crippen LogP contribution is 2.13. The number of hydrogen-bond acceptors (Lipinski definition) is 1. The molecular weight excluding hydrogens is 172 g/mol. The lowest BCUT2D eigenvalue weighted by atomic mass is 10.1. The lowest BCUT2D eigenvalue weighted by molar-refractivity contribution is 0.309. The highest BCUT2D eigenvalue weighted by molar-refractivity contribution is 5.28. The van der Waals surface area contributed by atoms with Crippen LogP contribution in [0.25, 0.3) is 0 Å². The molecule has 0 amide bonds. The molecule has 1 rings (SSSR count). The van der Waals surface area contributed by atoms with Gasteiger partial charge in [-0.2, -0.15) is 0 Å². The summed E-state index contributed by atoms with van der Waals surface area (Å²) >= 11 is 0. The Labute approximate surface area is 86.4 Å². The van der Waals surface area contributed by atoms with Crippen LogP contribution in [0.4, 0.5) is 0 Å². The molecule has 0 radical (unpaired) electrons. The molecule has 76 valence electrons. The molecule has 1 nitrogen and oxygen atoms in total. The van der Waals surface area contributed by atoms with Crippen molar-refractivity contribution in [3.63, 3.8) is 0 Å². The number of rotatable bonds is 6. The Bertz CT molecular complexity index is 261. The lowest BCUT2D eigenvalue weighted by Gasteiger charge is -2.05. The zero-order chi connectivity index (χ0) is 10.2. The molecule has 0 bridgehead atoms. The van der Waals surface area contributed by atoms with Gasteiger partial charge in [-0.15, -0.1) is 6.58 Å². The Hall–Kier alpha value is -1.24. The van der Waals surface area contributed by atoms with Gasteiger partial charge in [-0.3, -0.25) is 0 Å². The lowest BCUT2D eigenvalue weighted by Crippen LogP contribution is -1.96. The molecule has 1 aromatic carbocycles. The largest absolute Gasteiger partial charge is 0.494 e. The van der Waals surface area contributed by atoms with Gasteiger partial charge in [0.05, 0.1) is 6.61 Å². The van der Waals surface area contributed by atoms with E-state index in [-0.39, 0.29) is 0 Å². The second-order valence-corrected chi connectivity index (χ2v) is 3.34. The summed E-state index contributed by atoms with van der Waals surface area (Å²) in [5, 5.41) is 0. The zero-order valence-corrected chi connectivity index (χ0v) is 8.83. The van der Waals surface area contributed by atoms with E-state index < -0.39 is 0 Å². The van der Waals surface area contributed by atoms with Crippen LogP contribution in [-0.2, 0) is 6.42 Å². The number of unbranched alkanes of at least 4 members (excludes halogenated alkanes) is 1. The third kappa shape index (κ3) is 3.65. The fraction of sp³-hybridized carbons (Fsp3) is 0.385. The van der Waals surface area contributed by atoms with Gasteiger partial charge < -0.3 is 4.74 Å². The van der Waals surface area contributed by atoms with Crippen molar-refractivity contribution >= 4 is 0 Å². The predicted molar refractivity (Wildman–Crippen MR) is 60.7 cm³/mol. The van der Waals surface area contributed by atoms with Gasteiger partial charge in [-0.05, 0) is 30.5 Å². The topological polar surface area (TPSA) is 9.23 Å². The molecule has 0 aliphatic carbocycles. The van der Waals surface area contributed by atoms with Gasteiger partial charge >= 0.3 is 0 Å². The van der Waals surface area contributed by atoms with Crippen LogP contribution in [0.2, 0.25) is 0 Å². The Kier molecular flexibility index (Phi) is 4.84. The van der Waals surface area contributed by atoms with Crippen molar-refractivity contribution in [2.75, 3.05) is 6.61 Å². The van der Waals surface area contributed by atoms with Gasteiger partial charge in [0.25, 0.3) is 0 Å². The van der Waals surface area contributed by atoms with Gasteiger partial charge in [0.1, 0.15) is 5.75 Å². The average Bonchev–Trinajstić information content (AvgIpc) is 2.21. The van der Waals surface area contributed by atoms with Crippen LogP contribution in [-0.4, -0.2) is 6.61 Å². The smallest absolute Gasteiger partial charge is 0.119 e. The second-order valence-electron chi connectivity index (χ2n) is 3.34. The molecule has 0 atom stereocenters. The number of benzene rings is 1. The molecule has 1 aromatic rings. The maximum Gasteiger partial charge on any atom is 0.119 e. The van der Waals surface area contributed by atoms with Crippen LogP contribution in [0, 0.1) is 0 Å². The van der Waals surface area contributed by atoms with Gasteiger partial charge in [-0.25, -0.2) is 0 Å². The Morgan fingerprint density at radius 1 is 1.29 bits per heavy atom. The highest BCUT2D eigenvalue weighted by Gasteiger charge is 1.93. The summed E-state index contributed by atoms with van der Waals surface area (Å²) in [6, 6.07) is 8.22. The predicted octanol–water partition coefficient (Wildman–Crippen LogP) is 3.59. The van der Waals surface area contributed by atoms with Crippen molar-refractivity contribution in [3.8, 4) is 5.75 Å². The summed E-state index contributed by atoms with van der Waals surface area (Å²) in [6.07, 6.45) is 5.13. The summed E-state index contributed by atoms with van der Waals surface area (Å²) in [7, 11) is 0. The van der Waals surface area contributed by atoms with Crippen molar-refractivity contribution in [1.82, 2.24) is 0 Å². The van der Waals surface area contributed by atoms with Crippen LogP contribution in [0.3, 0.4) is 0 Å². The molecular formula is C13H18O. The van der Waals surface area contributed by atoms with Crippen LogP contribution >= 0.6 is 0 Å². The maximum absolute atomic E-state index is 5.55. The first-order chi connectivity index (χ1) is 6.86. The van der Waals surface area contributed by atoms with Crippen LogP contribution in [0.5, 0.6) is 5.75 Å². The molecule has 0 aliphatic heterocycles. The molecule has 1 heteroatoms. The summed E-state index contributed by atoms with van der Waals surface area (Å²) in [5.41, 5.74) is 1.28. The first kappa shape index (κ1) is 10.8. The molecule has 0 fully saturated rings. The average molecular weight is 190 g/mol. The summed E-state index contributed by atoms with van der Waals surface area (Å²) in [5.74, 6) is 0.964. The van der Waals surface area contributed by atoms with E-state index in [1.54, 1.807) is 0 Å². The first-order valence-corrected chi connectivity index (χ1v) is 5.19. The molecule has 0 aliphatic rings. The van der Waals surface area contributed by atoms with Crippen molar-refractivity contribution in [3.05, 3.63) is 42.5 Å². The van der Waals surface area contributed by atoms with E-state index in [0.29, 0.717) is 0 Å². The van der Waals surface area contributed by atoms with Crippen LogP contribution < -0.4 is 4.74 Å². The minimum atomic E-state index is 0.817. The van der Waals surface area contributed by atoms with Gasteiger partial charge in [-0.1, -0.05) is 31.6 Å². The van der Waals surface area contributed by atoms with Crippen molar-refractivity contribution < 1.29 is 4.74 Å². The fourth-order valence-corrected chi connectivity index (χ4v) is 1.22. The highest BCUT2D eigenvalue weighted by atomic mass is 16.5. The molecule has 0 unspecified atom stereocenters. The molecule has 0 heterocycles. The summed E-state index contributed by atoms with van der Waals surface area (Å²) < 4.78 is 5.55. The Morgan fingerprint density at radius 2 is 2.00 bits per heavy atom. The normalized spacial score (nSPS) is 9.79. The summed E-state index contributed by atoms with van der Waals surface area (Å²) in [6.45, 7) is 6.69. The van der Waals surface area contributed by atoms with Gasteiger partial charge in [0, 0.05) is 0 Å². The number of ether oxygens (including phenoxy) is 1. The van der Waals surface area contributed by atoms with Gasteiger partial charge in [0.2, 0.25) is 0 Å². The minimum Gasteiger partial charge on any atom is -0.494 e. The standard InChI is InChI=1S/C13H18O/c1-3-5-11-14-13-9-7-12(6-4-2)8-10-13/h4,7-10H,2-3,5-6,11H2,1H3. The SMILES string of the molecule is C=CCc1ccc(OCCCC)cc1. The quantitative estimate of drug-likeness (QED) is 0.492. The van der Waals surface area contributed by atoms with E-state index in [0.717, 1.165) is 25.2 Å². The minimum absolute atomic E-state index is 0.817. The molecule has 0 aromatic heterocycles. The van der Waals surface area contributed by atoms with E-state index in [1.807, 2.05) is 18.2 Å². The Balaban J connectivity index is 2.42. The van der Waals surface area contributed by atoms with E-state index in [4.69, 9.17) is 4.74 Å². The van der Waals surface area contributed by atoms with E-state index in [1.165, 1.54) is 12.0 Å². The van der Waals surface area contributed by atoms with Crippen LogP contribution in [0.15, 0.2) is 36.9 Å². The van der Waals surface area contributed by atoms with E-state index in [9.17, 15) is 0 Å². The molecule has 0 saturated carbocycles. The van der Waals surface area contributed by atoms with Crippen molar-refractivity contribution in [2.24, 2.45) is 0 Å². The Morgan fingerprint density at radius 3 is 2.57 bits per heavy atom.